The molecule has 1 aliphatic rings. The number of allylic oxidation sites excluding steroid dienone is 1. The smallest absolute Gasteiger partial charge is 0.0271 e. The molecule has 2 atom stereocenters. The summed E-state index contributed by atoms with van der Waals surface area (Å²) in [4.78, 5) is 0. The molecule has 12 heavy (non-hydrogen) atoms. The molecule has 0 heteroatoms. The van der Waals surface area contributed by atoms with Gasteiger partial charge in [0.15, 0.2) is 0 Å². The maximum atomic E-state index is 3.81. The molecule has 0 bridgehead atoms. The van der Waals surface area contributed by atoms with Gasteiger partial charge in [0, 0.05) is 0 Å². The van der Waals surface area contributed by atoms with Gasteiger partial charge in [-0.3, -0.25) is 0 Å². The summed E-state index contributed by atoms with van der Waals surface area (Å²) in [5, 5.41) is 0. The summed E-state index contributed by atoms with van der Waals surface area (Å²) in [5.41, 5.74) is 0.675. The van der Waals surface area contributed by atoms with E-state index >= 15 is 0 Å². The Morgan fingerprint density at radius 3 is 2.75 bits per heavy atom. The van der Waals surface area contributed by atoms with Crippen LogP contribution < -0.4 is 0 Å². The van der Waals surface area contributed by atoms with E-state index in [1.165, 1.54) is 38.5 Å². The fraction of sp³-hybridized carbons (Fsp3) is 0.833. The molecule has 0 saturated heterocycles. The van der Waals surface area contributed by atoms with Crippen molar-refractivity contribution < 1.29 is 0 Å². The molecule has 0 aromatic carbocycles. The van der Waals surface area contributed by atoms with Crippen LogP contribution in [-0.4, -0.2) is 0 Å². The van der Waals surface area contributed by atoms with Gasteiger partial charge in [-0.25, -0.2) is 0 Å². The molecule has 0 radical (unpaired) electrons. The lowest BCUT2D eigenvalue weighted by Gasteiger charge is -2.32. The summed E-state index contributed by atoms with van der Waals surface area (Å²) in [6.07, 6.45) is 10.4. The van der Waals surface area contributed by atoms with Crippen LogP contribution in [0.4, 0.5) is 0 Å². The summed E-state index contributed by atoms with van der Waals surface area (Å²) < 4.78 is 0. The monoisotopic (exact) mass is 166 g/mol. The van der Waals surface area contributed by atoms with Gasteiger partial charge in [0.25, 0.3) is 0 Å². The molecule has 0 heterocycles. The van der Waals surface area contributed by atoms with E-state index in [-0.39, 0.29) is 0 Å². The van der Waals surface area contributed by atoms with Gasteiger partial charge in [-0.05, 0) is 30.6 Å². The molecule has 2 unspecified atom stereocenters. The molecule has 1 saturated carbocycles. The first kappa shape index (κ1) is 9.83. The number of hydrogen-bond acceptors (Lipinski definition) is 0. The zero-order chi connectivity index (χ0) is 9.03. The minimum absolute atomic E-state index is 0.675. The quantitative estimate of drug-likeness (QED) is 0.550. The molecule has 70 valence electrons. The van der Waals surface area contributed by atoms with Crippen molar-refractivity contribution in [3.63, 3.8) is 0 Å². The average Bonchev–Trinajstić information content (AvgIpc) is 2.45. The molecule has 1 fully saturated rings. The predicted molar refractivity (Wildman–Crippen MR) is 55.2 cm³/mol. The fourth-order valence-electron chi connectivity index (χ4n) is 2.78. The van der Waals surface area contributed by atoms with Crippen molar-refractivity contribution in [1.82, 2.24) is 0 Å². The highest BCUT2D eigenvalue weighted by molar-refractivity contribution is 4.90. The fourth-order valence-corrected chi connectivity index (χ4v) is 2.78. The summed E-state index contributed by atoms with van der Waals surface area (Å²) in [7, 11) is 0. The topological polar surface area (TPSA) is 0 Å². The van der Waals surface area contributed by atoms with Gasteiger partial charge >= 0.3 is 0 Å². The predicted octanol–water partition coefficient (Wildman–Crippen LogP) is 4.17. The SMILES string of the molecule is C=CCCC1(CC)CCCC1C. The van der Waals surface area contributed by atoms with Crippen molar-refractivity contribution in [2.45, 2.75) is 52.4 Å². The van der Waals surface area contributed by atoms with Crippen LogP contribution in [0.15, 0.2) is 12.7 Å². The third-order valence-electron chi connectivity index (χ3n) is 3.91. The average molecular weight is 166 g/mol. The Morgan fingerprint density at radius 2 is 2.33 bits per heavy atom. The van der Waals surface area contributed by atoms with Gasteiger partial charge in [0.05, 0.1) is 0 Å². The second-order valence-electron chi connectivity index (χ2n) is 4.34. The van der Waals surface area contributed by atoms with E-state index < -0.39 is 0 Å². The van der Waals surface area contributed by atoms with Crippen LogP contribution in [0, 0.1) is 11.3 Å². The van der Waals surface area contributed by atoms with Crippen molar-refractivity contribution in [3.05, 3.63) is 12.7 Å². The molecule has 1 rings (SSSR count). The standard InChI is InChI=1S/C12H22/c1-4-6-9-12(5-2)10-7-8-11(12)3/h4,11H,1,5-10H2,2-3H3. The van der Waals surface area contributed by atoms with Crippen LogP contribution in [0.2, 0.25) is 0 Å². The lowest BCUT2D eigenvalue weighted by molar-refractivity contribution is 0.188. The van der Waals surface area contributed by atoms with Gasteiger partial charge in [-0.15, -0.1) is 6.58 Å². The Labute approximate surface area is 77.1 Å². The van der Waals surface area contributed by atoms with Crippen molar-refractivity contribution in [3.8, 4) is 0 Å². The van der Waals surface area contributed by atoms with E-state index in [0.717, 1.165) is 5.92 Å². The van der Waals surface area contributed by atoms with E-state index in [2.05, 4.69) is 26.5 Å². The first-order chi connectivity index (χ1) is 5.75. The number of rotatable bonds is 4. The van der Waals surface area contributed by atoms with Crippen LogP contribution in [0.5, 0.6) is 0 Å². The molecule has 0 nitrogen and oxygen atoms in total. The number of hydrogen-bond donors (Lipinski definition) is 0. The normalized spacial score (nSPS) is 35.3. The summed E-state index contributed by atoms with van der Waals surface area (Å²) in [6.45, 7) is 8.59. The molecule has 0 aliphatic heterocycles. The van der Waals surface area contributed by atoms with E-state index in [1.54, 1.807) is 0 Å². The Morgan fingerprint density at radius 1 is 1.58 bits per heavy atom. The Bertz CT molecular complexity index is 148. The lowest BCUT2D eigenvalue weighted by atomic mass is 9.73. The maximum absolute atomic E-state index is 3.81. The van der Waals surface area contributed by atoms with E-state index in [9.17, 15) is 0 Å². The summed E-state index contributed by atoms with van der Waals surface area (Å²) in [6, 6.07) is 0. The van der Waals surface area contributed by atoms with Gasteiger partial charge in [-0.2, -0.15) is 0 Å². The molecule has 0 aromatic rings. The zero-order valence-electron chi connectivity index (χ0n) is 8.60. The Kier molecular flexibility index (Phi) is 3.37. The van der Waals surface area contributed by atoms with Gasteiger partial charge in [0.2, 0.25) is 0 Å². The molecule has 1 aliphatic carbocycles. The second kappa shape index (κ2) is 4.11. The third kappa shape index (κ3) is 1.73. The molecular weight excluding hydrogens is 144 g/mol. The highest BCUT2D eigenvalue weighted by Gasteiger charge is 2.37. The van der Waals surface area contributed by atoms with Crippen molar-refractivity contribution in [2.75, 3.05) is 0 Å². The molecule has 0 N–H and O–H groups in total. The third-order valence-corrected chi connectivity index (χ3v) is 3.91. The first-order valence-corrected chi connectivity index (χ1v) is 5.36. The van der Waals surface area contributed by atoms with Crippen molar-refractivity contribution in [1.29, 1.82) is 0 Å². The highest BCUT2D eigenvalue weighted by Crippen LogP contribution is 2.48. The molecule has 0 amide bonds. The second-order valence-corrected chi connectivity index (χ2v) is 4.34. The Hall–Kier alpha value is -0.260. The minimum Gasteiger partial charge on any atom is -0.103 e. The molecule has 0 aromatic heterocycles. The molecular formula is C12H22. The van der Waals surface area contributed by atoms with E-state index in [4.69, 9.17) is 0 Å². The first-order valence-electron chi connectivity index (χ1n) is 5.36. The van der Waals surface area contributed by atoms with Crippen LogP contribution in [0.3, 0.4) is 0 Å². The van der Waals surface area contributed by atoms with E-state index in [1.807, 2.05) is 0 Å². The summed E-state index contributed by atoms with van der Waals surface area (Å²) in [5.74, 6) is 0.947. The van der Waals surface area contributed by atoms with Crippen LogP contribution in [-0.2, 0) is 0 Å². The van der Waals surface area contributed by atoms with Gasteiger partial charge < -0.3 is 0 Å². The van der Waals surface area contributed by atoms with E-state index in [0.29, 0.717) is 5.41 Å². The maximum Gasteiger partial charge on any atom is -0.0271 e. The lowest BCUT2D eigenvalue weighted by Crippen LogP contribution is -2.22. The molecule has 0 spiro atoms. The zero-order valence-corrected chi connectivity index (χ0v) is 8.60. The van der Waals surface area contributed by atoms with Crippen LogP contribution in [0.1, 0.15) is 52.4 Å². The van der Waals surface area contributed by atoms with Gasteiger partial charge in [0.1, 0.15) is 0 Å². The summed E-state index contributed by atoms with van der Waals surface area (Å²) >= 11 is 0. The van der Waals surface area contributed by atoms with Crippen molar-refractivity contribution >= 4 is 0 Å². The van der Waals surface area contributed by atoms with Crippen LogP contribution in [0.25, 0.3) is 0 Å². The minimum atomic E-state index is 0.675. The Balaban J connectivity index is 2.54. The largest absolute Gasteiger partial charge is 0.103 e. The highest BCUT2D eigenvalue weighted by atomic mass is 14.4. The van der Waals surface area contributed by atoms with Gasteiger partial charge in [-0.1, -0.05) is 39.2 Å². The van der Waals surface area contributed by atoms with Crippen molar-refractivity contribution in [2.24, 2.45) is 11.3 Å². The van der Waals surface area contributed by atoms with Crippen LogP contribution >= 0.6 is 0 Å².